The summed E-state index contributed by atoms with van der Waals surface area (Å²) in [7, 11) is 0. The normalized spacial score (nSPS) is 14.1. The van der Waals surface area contributed by atoms with Crippen molar-refractivity contribution in [2.45, 2.75) is 57.5 Å². The van der Waals surface area contributed by atoms with Crippen LogP contribution in [0.4, 0.5) is 4.39 Å². The van der Waals surface area contributed by atoms with E-state index < -0.39 is 0 Å². The summed E-state index contributed by atoms with van der Waals surface area (Å²) in [6.07, 6.45) is 8.34. The molecule has 1 aliphatic carbocycles. The fourth-order valence-corrected chi connectivity index (χ4v) is 4.24. The van der Waals surface area contributed by atoms with E-state index in [0.29, 0.717) is 30.5 Å². The van der Waals surface area contributed by atoms with Crippen molar-refractivity contribution in [3.63, 3.8) is 0 Å². The van der Waals surface area contributed by atoms with E-state index in [4.69, 9.17) is 4.74 Å². The molecule has 1 saturated carbocycles. The van der Waals surface area contributed by atoms with Crippen LogP contribution in [0.25, 0.3) is 5.82 Å². The first kappa shape index (κ1) is 22.3. The van der Waals surface area contributed by atoms with Gasteiger partial charge in [0.2, 0.25) is 0 Å². The van der Waals surface area contributed by atoms with E-state index in [1.54, 1.807) is 18.5 Å². The van der Waals surface area contributed by atoms with Gasteiger partial charge in [0.15, 0.2) is 5.82 Å². The van der Waals surface area contributed by atoms with Gasteiger partial charge in [0.25, 0.3) is 0 Å². The maximum atomic E-state index is 14.3. The highest BCUT2D eigenvalue weighted by molar-refractivity contribution is 5.41. The maximum Gasteiger partial charge on any atom is 0.174 e. The molecule has 6 heteroatoms. The number of benzene rings is 2. The fourth-order valence-electron chi connectivity index (χ4n) is 4.24. The minimum absolute atomic E-state index is 0.133. The van der Waals surface area contributed by atoms with Gasteiger partial charge in [-0.05, 0) is 73.1 Å². The molecular weight excluding hydrogens is 427 g/mol. The average Bonchev–Trinajstić information content (AvgIpc) is 3.37. The van der Waals surface area contributed by atoms with Crippen LogP contribution in [0, 0.1) is 5.82 Å². The van der Waals surface area contributed by atoms with E-state index >= 15 is 0 Å². The predicted octanol–water partition coefficient (Wildman–Crippen LogP) is 5.84. The SMILES string of the molecule is CC(C)(c1ccc(CCc2nc(-n3nccn3)ccc2F)cc1)c1ccc(OC2CCC2)cc1. The number of aryl methyl sites for hydroxylation is 2. The zero-order chi connectivity index (χ0) is 23.5. The number of pyridine rings is 1. The summed E-state index contributed by atoms with van der Waals surface area (Å²) in [5.74, 6) is 1.16. The Hall–Kier alpha value is -3.54. The number of hydrogen-bond donors (Lipinski definition) is 0. The number of rotatable bonds is 8. The largest absolute Gasteiger partial charge is 0.490 e. The summed E-state index contributed by atoms with van der Waals surface area (Å²) in [6, 6.07) is 20.1. The molecule has 0 atom stereocenters. The molecule has 4 aromatic rings. The number of nitrogens with zero attached hydrogens (tertiary/aromatic N) is 4. The van der Waals surface area contributed by atoms with Gasteiger partial charge in [-0.15, -0.1) is 4.80 Å². The molecule has 0 unspecified atom stereocenters. The highest BCUT2D eigenvalue weighted by Gasteiger charge is 2.24. The van der Waals surface area contributed by atoms with Crippen molar-refractivity contribution in [2.24, 2.45) is 0 Å². The first-order valence-electron chi connectivity index (χ1n) is 11.9. The molecule has 2 aromatic carbocycles. The second kappa shape index (κ2) is 9.37. The molecule has 0 radical (unpaired) electrons. The Labute approximate surface area is 199 Å². The molecule has 174 valence electrons. The van der Waals surface area contributed by atoms with Crippen molar-refractivity contribution in [3.8, 4) is 11.6 Å². The second-order valence-electron chi connectivity index (χ2n) is 9.43. The van der Waals surface area contributed by atoms with Gasteiger partial charge in [0.05, 0.1) is 24.2 Å². The Kier molecular flexibility index (Phi) is 6.14. The molecule has 34 heavy (non-hydrogen) atoms. The van der Waals surface area contributed by atoms with Crippen molar-refractivity contribution in [1.29, 1.82) is 0 Å². The summed E-state index contributed by atoms with van der Waals surface area (Å²) < 4.78 is 20.3. The van der Waals surface area contributed by atoms with Crippen LogP contribution in [-0.2, 0) is 18.3 Å². The molecule has 0 N–H and O–H groups in total. The lowest BCUT2D eigenvalue weighted by molar-refractivity contribution is 0.120. The Morgan fingerprint density at radius 3 is 2.15 bits per heavy atom. The quantitative estimate of drug-likeness (QED) is 0.334. The van der Waals surface area contributed by atoms with E-state index in [0.717, 1.165) is 24.2 Å². The number of halogens is 1. The molecule has 1 fully saturated rings. The molecule has 0 bridgehead atoms. The van der Waals surface area contributed by atoms with Gasteiger partial charge >= 0.3 is 0 Å². The molecule has 0 aliphatic heterocycles. The van der Waals surface area contributed by atoms with Crippen molar-refractivity contribution >= 4 is 0 Å². The third kappa shape index (κ3) is 4.72. The molecule has 0 amide bonds. The molecule has 2 heterocycles. The van der Waals surface area contributed by atoms with E-state index in [1.165, 1.54) is 28.4 Å². The van der Waals surface area contributed by atoms with Gasteiger partial charge in [0, 0.05) is 5.41 Å². The van der Waals surface area contributed by atoms with Crippen molar-refractivity contribution in [3.05, 3.63) is 101 Å². The van der Waals surface area contributed by atoms with E-state index in [1.807, 2.05) is 0 Å². The van der Waals surface area contributed by atoms with Crippen molar-refractivity contribution in [1.82, 2.24) is 20.0 Å². The van der Waals surface area contributed by atoms with Gasteiger partial charge < -0.3 is 4.74 Å². The van der Waals surface area contributed by atoms with Crippen LogP contribution in [0.15, 0.2) is 73.1 Å². The lowest BCUT2D eigenvalue weighted by Gasteiger charge is -2.28. The first-order valence-corrected chi connectivity index (χ1v) is 11.9. The predicted molar refractivity (Wildman–Crippen MR) is 130 cm³/mol. The number of ether oxygens (including phenoxy) is 1. The third-order valence-corrected chi connectivity index (χ3v) is 6.78. The van der Waals surface area contributed by atoms with Crippen molar-refractivity contribution < 1.29 is 9.13 Å². The molecule has 2 aromatic heterocycles. The molecule has 5 nitrogen and oxygen atoms in total. The molecule has 0 saturated heterocycles. The van der Waals surface area contributed by atoms with Crippen molar-refractivity contribution in [2.75, 3.05) is 0 Å². The topological polar surface area (TPSA) is 52.8 Å². The minimum atomic E-state index is -0.307. The monoisotopic (exact) mass is 456 g/mol. The van der Waals surface area contributed by atoms with E-state index in [2.05, 4.69) is 77.6 Å². The van der Waals surface area contributed by atoms with Crippen LogP contribution in [0.1, 0.15) is 55.5 Å². The Morgan fingerprint density at radius 2 is 1.53 bits per heavy atom. The molecule has 1 aliphatic rings. The van der Waals surface area contributed by atoms with Gasteiger partial charge in [-0.2, -0.15) is 10.2 Å². The zero-order valence-corrected chi connectivity index (χ0v) is 19.6. The van der Waals surface area contributed by atoms with Crippen LogP contribution in [0.3, 0.4) is 0 Å². The highest BCUT2D eigenvalue weighted by Crippen LogP contribution is 2.33. The summed E-state index contributed by atoms with van der Waals surface area (Å²) in [5, 5.41) is 8.14. The van der Waals surface area contributed by atoms with Gasteiger partial charge in [-0.1, -0.05) is 50.2 Å². The summed E-state index contributed by atoms with van der Waals surface area (Å²) in [6.45, 7) is 4.47. The second-order valence-corrected chi connectivity index (χ2v) is 9.43. The minimum Gasteiger partial charge on any atom is -0.490 e. The van der Waals surface area contributed by atoms with Crippen LogP contribution >= 0.6 is 0 Å². The Balaban J connectivity index is 1.25. The van der Waals surface area contributed by atoms with Crippen LogP contribution in [0.2, 0.25) is 0 Å². The average molecular weight is 457 g/mol. The van der Waals surface area contributed by atoms with Gasteiger partial charge in [-0.3, -0.25) is 0 Å². The van der Waals surface area contributed by atoms with E-state index in [9.17, 15) is 4.39 Å². The fraction of sp³-hybridized carbons (Fsp3) is 0.321. The lowest BCUT2D eigenvalue weighted by Crippen LogP contribution is -2.24. The van der Waals surface area contributed by atoms with Gasteiger partial charge in [-0.25, -0.2) is 9.37 Å². The van der Waals surface area contributed by atoms with Crippen LogP contribution in [-0.4, -0.2) is 26.1 Å². The zero-order valence-electron chi connectivity index (χ0n) is 19.6. The van der Waals surface area contributed by atoms with Gasteiger partial charge in [0.1, 0.15) is 11.6 Å². The molecule has 0 spiro atoms. The van der Waals surface area contributed by atoms with Crippen LogP contribution in [0.5, 0.6) is 5.75 Å². The summed E-state index contributed by atoms with van der Waals surface area (Å²) in [4.78, 5) is 5.81. The summed E-state index contributed by atoms with van der Waals surface area (Å²) in [5.41, 5.74) is 3.92. The first-order chi connectivity index (χ1) is 16.5. The lowest BCUT2D eigenvalue weighted by atomic mass is 9.78. The maximum absolute atomic E-state index is 14.3. The Bertz CT molecular complexity index is 1230. The standard InChI is InChI=1S/C28H29FN4O/c1-28(2,22-11-13-24(14-12-22)34-23-4-3-5-23)21-9-6-20(7-10-21)8-16-26-25(29)15-17-27(32-26)33-30-18-19-31-33/h6-7,9-15,17-19,23H,3-5,8,16H2,1-2H3. The highest BCUT2D eigenvalue weighted by atomic mass is 19.1. The number of aromatic nitrogens is 4. The van der Waals surface area contributed by atoms with E-state index in [-0.39, 0.29) is 11.2 Å². The summed E-state index contributed by atoms with van der Waals surface area (Å²) >= 11 is 0. The molecular formula is C28H29FN4O. The smallest absolute Gasteiger partial charge is 0.174 e. The number of hydrogen-bond acceptors (Lipinski definition) is 4. The van der Waals surface area contributed by atoms with Crippen LogP contribution < -0.4 is 4.74 Å². The third-order valence-electron chi connectivity index (χ3n) is 6.78. The molecule has 5 rings (SSSR count). The Morgan fingerprint density at radius 1 is 0.882 bits per heavy atom.